The Bertz CT molecular complexity index is 1140. The van der Waals surface area contributed by atoms with Gasteiger partial charge in [-0.15, -0.1) is 0 Å². The van der Waals surface area contributed by atoms with E-state index in [1.54, 1.807) is 17.9 Å². The van der Waals surface area contributed by atoms with Gasteiger partial charge in [0.1, 0.15) is 12.3 Å². The second-order valence-corrected chi connectivity index (χ2v) is 8.33. The Balaban J connectivity index is 1.81. The molecular weight excluding hydrogens is 454 g/mol. The van der Waals surface area contributed by atoms with Gasteiger partial charge in [-0.2, -0.15) is 23.8 Å². The van der Waals surface area contributed by atoms with Crippen molar-refractivity contribution in [3.63, 3.8) is 0 Å². The van der Waals surface area contributed by atoms with Crippen LogP contribution < -0.4 is 4.74 Å². The van der Waals surface area contributed by atoms with Crippen LogP contribution >= 0.6 is 9.24 Å². The van der Waals surface area contributed by atoms with Crippen LogP contribution in [0.3, 0.4) is 0 Å². The fraction of sp³-hybridized carbons (Fsp3) is 0.364. The summed E-state index contributed by atoms with van der Waals surface area (Å²) in [5.41, 5.74) is -1.02. The summed E-state index contributed by atoms with van der Waals surface area (Å²) < 4.78 is 46.3. The Labute approximate surface area is 192 Å². The minimum atomic E-state index is -3.29. The molecule has 11 heteroatoms. The Morgan fingerprint density at radius 2 is 1.94 bits per heavy atom. The number of carbonyl (C=O) groups is 1. The Kier molecular flexibility index (Phi) is 7.37. The second-order valence-electron chi connectivity index (χ2n) is 7.61. The van der Waals surface area contributed by atoms with Crippen LogP contribution in [0.5, 0.6) is 5.88 Å². The van der Waals surface area contributed by atoms with Gasteiger partial charge in [-0.3, -0.25) is 4.79 Å². The van der Waals surface area contributed by atoms with Gasteiger partial charge in [0.15, 0.2) is 5.82 Å². The number of aromatic nitrogens is 4. The number of benzene rings is 1. The molecule has 176 valence electrons. The van der Waals surface area contributed by atoms with Gasteiger partial charge in [0.2, 0.25) is 5.88 Å². The van der Waals surface area contributed by atoms with E-state index in [1.807, 2.05) is 26.8 Å². The van der Waals surface area contributed by atoms with Crippen LogP contribution in [0.1, 0.15) is 40.9 Å². The van der Waals surface area contributed by atoms with Crippen LogP contribution in [0.25, 0.3) is 5.69 Å². The lowest BCUT2D eigenvalue weighted by Gasteiger charge is -2.29. The number of amides is 1. The summed E-state index contributed by atoms with van der Waals surface area (Å²) in [5, 5.41) is 8.35. The molecule has 2 heterocycles. The number of rotatable bonds is 8. The molecule has 0 aliphatic carbocycles. The number of ether oxygens (including phenoxy) is 1. The lowest BCUT2D eigenvalue weighted by Crippen LogP contribution is -2.42. The molecule has 2 atom stereocenters. The maximum Gasteiger partial charge on any atom is 0.285 e. The molecule has 0 saturated heterocycles. The topological polar surface area (TPSA) is 73.1 Å². The van der Waals surface area contributed by atoms with Gasteiger partial charge < -0.3 is 9.64 Å². The third kappa shape index (κ3) is 5.33. The van der Waals surface area contributed by atoms with E-state index >= 15 is 0 Å². The first-order chi connectivity index (χ1) is 15.5. The summed E-state index contributed by atoms with van der Waals surface area (Å²) in [5.74, 6) is -1.68. The van der Waals surface area contributed by atoms with E-state index in [0.717, 1.165) is 17.3 Å². The predicted molar refractivity (Wildman–Crippen MR) is 120 cm³/mol. The van der Waals surface area contributed by atoms with Gasteiger partial charge in [0.25, 0.3) is 11.6 Å². The summed E-state index contributed by atoms with van der Waals surface area (Å²) in [4.78, 5) is 20.1. The zero-order valence-corrected chi connectivity index (χ0v) is 19.9. The largest absolute Gasteiger partial charge is 0.473 e. The minimum Gasteiger partial charge on any atom is -0.473 e. The molecule has 7 nitrogen and oxygen atoms in total. The van der Waals surface area contributed by atoms with Crippen molar-refractivity contribution in [2.75, 3.05) is 13.2 Å². The van der Waals surface area contributed by atoms with Crippen LogP contribution in [0.2, 0.25) is 0 Å². The molecule has 2 aromatic heterocycles. The number of pyridine rings is 1. The third-order valence-corrected chi connectivity index (χ3v) is 5.67. The van der Waals surface area contributed by atoms with Gasteiger partial charge in [-0.25, -0.2) is 9.37 Å². The molecule has 1 unspecified atom stereocenters. The molecule has 1 amide bonds. The van der Waals surface area contributed by atoms with Crippen molar-refractivity contribution >= 4 is 15.1 Å². The SMILES string of the molecule is CCN(C(=O)c1ccc(C)c(C)c1-n1nccn1)[C@@H](C)COc1ncc(C(F)(F)P)cc1F. The van der Waals surface area contributed by atoms with Crippen molar-refractivity contribution in [1.29, 1.82) is 0 Å². The van der Waals surface area contributed by atoms with Crippen molar-refractivity contribution in [2.24, 2.45) is 0 Å². The maximum absolute atomic E-state index is 14.2. The fourth-order valence-electron chi connectivity index (χ4n) is 3.38. The summed E-state index contributed by atoms with van der Waals surface area (Å²) in [6.45, 7) is 7.67. The molecule has 0 radical (unpaired) electrons. The quantitative estimate of drug-likeness (QED) is 0.451. The summed E-state index contributed by atoms with van der Waals surface area (Å²) in [6, 6.07) is 3.79. The number of hydrogen-bond acceptors (Lipinski definition) is 5. The highest BCUT2D eigenvalue weighted by molar-refractivity contribution is 7.17. The highest BCUT2D eigenvalue weighted by Gasteiger charge is 2.28. The highest BCUT2D eigenvalue weighted by atomic mass is 31.0. The number of alkyl halides is 2. The number of nitrogens with zero attached hydrogens (tertiary/aromatic N) is 5. The number of aryl methyl sites for hydroxylation is 1. The van der Waals surface area contributed by atoms with Gasteiger partial charge in [0, 0.05) is 18.3 Å². The second kappa shape index (κ2) is 9.87. The van der Waals surface area contributed by atoms with E-state index in [-0.39, 0.29) is 12.5 Å². The molecular formula is C22H25F3N5O2P. The van der Waals surface area contributed by atoms with Crippen LogP contribution in [0, 0.1) is 19.7 Å². The number of halogens is 3. The fourth-order valence-corrected chi connectivity index (χ4v) is 3.53. The van der Waals surface area contributed by atoms with Crippen molar-refractivity contribution in [3.05, 3.63) is 64.9 Å². The Morgan fingerprint density at radius 1 is 1.27 bits per heavy atom. The van der Waals surface area contributed by atoms with Gasteiger partial charge in [0.05, 0.1) is 24.0 Å². The van der Waals surface area contributed by atoms with E-state index in [9.17, 15) is 18.0 Å². The molecule has 0 N–H and O–H groups in total. The third-order valence-electron chi connectivity index (χ3n) is 5.34. The maximum atomic E-state index is 14.2. The van der Waals surface area contributed by atoms with Gasteiger partial charge >= 0.3 is 0 Å². The van der Waals surface area contributed by atoms with Crippen molar-refractivity contribution in [1.82, 2.24) is 24.9 Å². The van der Waals surface area contributed by atoms with Gasteiger partial charge in [-0.1, -0.05) is 15.3 Å². The van der Waals surface area contributed by atoms with Crippen LogP contribution in [0.4, 0.5) is 13.2 Å². The number of carbonyl (C=O) groups excluding carboxylic acids is 1. The molecule has 33 heavy (non-hydrogen) atoms. The first-order valence-corrected chi connectivity index (χ1v) is 10.9. The predicted octanol–water partition coefficient (Wildman–Crippen LogP) is 4.27. The summed E-state index contributed by atoms with van der Waals surface area (Å²) in [7, 11) is 1.33. The standard InChI is InChI=1S/C22H25F3N5O2P/c1-5-29(14(3)12-32-20-18(23)10-16(11-26-20)22(24,25)33)21(31)17-7-6-13(2)15(4)19(17)30-27-8-9-28-30/h6-11,14H,5,12,33H2,1-4H3/t14-/m0/s1. The molecule has 0 saturated carbocycles. The molecule has 0 aliphatic heterocycles. The Morgan fingerprint density at radius 3 is 2.52 bits per heavy atom. The zero-order chi connectivity index (χ0) is 24.3. The smallest absolute Gasteiger partial charge is 0.285 e. The van der Waals surface area contributed by atoms with Crippen LogP contribution in [-0.2, 0) is 5.66 Å². The monoisotopic (exact) mass is 479 g/mol. The molecule has 1 aromatic carbocycles. The normalized spacial score (nSPS) is 12.5. The molecule has 0 fully saturated rings. The Hall–Kier alpha value is -3.00. The summed E-state index contributed by atoms with van der Waals surface area (Å²) in [6.07, 6.45) is 3.92. The van der Waals surface area contributed by atoms with E-state index in [4.69, 9.17) is 4.74 Å². The van der Waals surface area contributed by atoms with E-state index in [2.05, 4.69) is 15.2 Å². The van der Waals surface area contributed by atoms with E-state index < -0.39 is 29.0 Å². The molecule has 3 rings (SSSR count). The van der Waals surface area contributed by atoms with Crippen LogP contribution in [-0.4, -0.2) is 50.0 Å². The first kappa shape index (κ1) is 24.6. The zero-order valence-electron chi connectivity index (χ0n) is 18.7. The average Bonchev–Trinajstić information content (AvgIpc) is 3.28. The average molecular weight is 479 g/mol. The minimum absolute atomic E-state index is 0.0830. The number of hydrogen-bond donors (Lipinski definition) is 0. The van der Waals surface area contributed by atoms with E-state index in [0.29, 0.717) is 23.9 Å². The molecule has 0 aliphatic rings. The summed E-state index contributed by atoms with van der Waals surface area (Å²) >= 11 is 0. The van der Waals surface area contributed by atoms with Gasteiger partial charge in [-0.05, 0) is 51.0 Å². The molecule has 3 aromatic rings. The van der Waals surface area contributed by atoms with Crippen molar-refractivity contribution in [3.8, 4) is 11.6 Å². The number of likely N-dealkylation sites (N-methyl/N-ethyl adjacent to an activating group) is 1. The van der Waals surface area contributed by atoms with Crippen molar-refractivity contribution < 1.29 is 22.7 Å². The molecule has 0 bridgehead atoms. The van der Waals surface area contributed by atoms with Crippen LogP contribution in [0.15, 0.2) is 36.8 Å². The highest BCUT2D eigenvalue weighted by Crippen LogP contribution is 2.35. The first-order valence-electron chi connectivity index (χ1n) is 10.3. The lowest BCUT2D eigenvalue weighted by molar-refractivity contribution is 0.0642. The van der Waals surface area contributed by atoms with E-state index in [1.165, 1.54) is 26.4 Å². The molecule has 0 spiro atoms. The van der Waals surface area contributed by atoms with Crippen molar-refractivity contribution in [2.45, 2.75) is 39.4 Å². The lowest BCUT2D eigenvalue weighted by atomic mass is 10.0.